The number of hydrogen-bond acceptors (Lipinski definition) is 4. The van der Waals surface area contributed by atoms with Gasteiger partial charge in [0, 0.05) is 18.3 Å². The van der Waals surface area contributed by atoms with Crippen LogP contribution < -0.4 is 20.7 Å². The van der Waals surface area contributed by atoms with E-state index < -0.39 is 0 Å². The van der Waals surface area contributed by atoms with Crippen molar-refractivity contribution in [2.75, 3.05) is 19.0 Å². The van der Waals surface area contributed by atoms with Crippen molar-refractivity contribution in [1.82, 2.24) is 10.6 Å². The van der Waals surface area contributed by atoms with E-state index in [-0.39, 0.29) is 48.1 Å². The van der Waals surface area contributed by atoms with Gasteiger partial charge in [-0.3, -0.25) is 4.79 Å². The number of anilines is 1. The van der Waals surface area contributed by atoms with Crippen LogP contribution in [0.5, 0.6) is 5.75 Å². The van der Waals surface area contributed by atoms with Crippen molar-refractivity contribution in [3.63, 3.8) is 0 Å². The van der Waals surface area contributed by atoms with Crippen molar-refractivity contribution in [2.45, 2.75) is 59.4 Å². The molecule has 0 heterocycles. The molecule has 0 spiro atoms. The van der Waals surface area contributed by atoms with E-state index in [0.29, 0.717) is 19.1 Å². The molecule has 0 fully saturated rings. The summed E-state index contributed by atoms with van der Waals surface area (Å²) in [6.07, 6.45) is 0.114. The molecule has 8 heteroatoms. The molecule has 0 aromatic heterocycles. The van der Waals surface area contributed by atoms with Gasteiger partial charge in [-0.2, -0.15) is 0 Å². The molecule has 0 aliphatic carbocycles. The van der Waals surface area contributed by atoms with Gasteiger partial charge >= 0.3 is 0 Å². The van der Waals surface area contributed by atoms with Gasteiger partial charge in [0.1, 0.15) is 5.75 Å². The summed E-state index contributed by atoms with van der Waals surface area (Å²) in [5.41, 5.74) is 2.70. The molecule has 2 aromatic carbocycles. The minimum absolute atomic E-state index is 0. The predicted octanol–water partition coefficient (Wildman–Crippen LogP) is 4.71. The summed E-state index contributed by atoms with van der Waals surface area (Å²) < 4.78 is 10.9. The second kappa shape index (κ2) is 14.0. The average molecular weight is 569 g/mol. The number of carbonyl (C=O) groups is 1. The maximum Gasteiger partial charge on any atom is 0.239 e. The number of nitrogens with zero attached hydrogens (tertiary/aromatic N) is 1. The molecule has 0 bridgehead atoms. The lowest BCUT2D eigenvalue weighted by Crippen LogP contribution is -2.46. The molecule has 0 radical (unpaired) electrons. The van der Waals surface area contributed by atoms with Gasteiger partial charge in [0.25, 0.3) is 0 Å². The first-order valence-corrected chi connectivity index (χ1v) is 10.8. The largest absolute Gasteiger partial charge is 0.491 e. The van der Waals surface area contributed by atoms with Gasteiger partial charge in [0.15, 0.2) is 5.96 Å². The van der Waals surface area contributed by atoms with Crippen LogP contribution >= 0.6 is 24.0 Å². The van der Waals surface area contributed by atoms with Crippen LogP contribution in [-0.4, -0.2) is 37.2 Å². The molecular formula is C25H37IN4O3. The molecule has 0 saturated heterocycles. The number of rotatable bonds is 9. The number of guanidine groups is 1. The molecule has 2 aromatic rings. The lowest BCUT2D eigenvalue weighted by Gasteiger charge is -2.21. The predicted molar refractivity (Wildman–Crippen MR) is 145 cm³/mol. The Morgan fingerprint density at radius 1 is 1.06 bits per heavy atom. The molecule has 1 amide bonds. The minimum atomic E-state index is -0.294. The molecule has 2 rings (SSSR count). The van der Waals surface area contributed by atoms with Gasteiger partial charge < -0.3 is 25.4 Å². The van der Waals surface area contributed by atoms with Crippen LogP contribution in [-0.2, 0) is 22.7 Å². The van der Waals surface area contributed by atoms with Crippen LogP contribution in [0.1, 0.15) is 45.7 Å². The van der Waals surface area contributed by atoms with Crippen molar-refractivity contribution >= 4 is 41.5 Å². The van der Waals surface area contributed by atoms with Crippen molar-refractivity contribution in [2.24, 2.45) is 4.99 Å². The van der Waals surface area contributed by atoms with E-state index in [2.05, 4.69) is 27.0 Å². The normalized spacial score (nSPS) is 11.5. The van der Waals surface area contributed by atoms with E-state index in [1.54, 1.807) is 7.11 Å². The summed E-state index contributed by atoms with van der Waals surface area (Å²) in [4.78, 5) is 16.9. The standard InChI is InChI=1S/C25H36N4O3.HI/c1-18(2)32-22-12-10-21(11-13-22)28-24(27-16-23(30)29-25(3,4)5)26-15-19-8-7-9-20(14-19)17-31-6;/h7-14,18H,15-17H2,1-6H3,(H,29,30)(H2,26,27,28);1H. The number of aliphatic imine (C=N–C) groups is 1. The number of amides is 1. The van der Waals surface area contributed by atoms with E-state index in [0.717, 1.165) is 22.6 Å². The van der Waals surface area contributed by atoms with Gasteiger partial charge in [-0.05, 0) is 70.0 Å². The third-order valence-electron chi connectivity index (χ3n) is 4.14. The number of halogens is 1. The summed E-state index contributed by atoms with van der Waals surface area (Å²) in [6, 6.07) is 15.7. The van der Waals surface area contributed by atoms with Crippen LogP contribution in [0, 0.1) is 0 Å². The first-order valence-electron chi connectivity index (χ1n) is 10.8. The van der Waals surface area contributed by atoms with Crippen LogP contribution in [0.4, 0.5) is 5.69 Å². The average Bonchev–Trinajstić information content (AvgIpc) is 2.70. The molecule has 33 heavy (non-hydrogen) atoms. The number of ether oxygens (including phenoxy) is 2. The van der Waals surface area contributed by atoms with Crippen molar-refractivity contribution in [3.8, 4) is 5.75 Å². The number of methoxy groups -OCH3 is 1. The third kappa shape index (κ3) is 11.9. The first-order chi connectivity index (χ1) is 15.1. The molecule has 0 saturated carbocycles. The summed E-state index contributed by atoms with van der Waals surface area (Å²) in [6.45, 7) is 11.0. The zero-order valence-corrected chi connectivity index (χ0v) is 22.7. The van der Waals surface area contributed by atoms with Gasteiger partial charge in [0.05, 0.1) is 25.8 Å². The smallest absolute Gasteiger partial charge is 0.239 e. The molecule has 0 unspecified atom stereocenters. The highest BCUT2D eigenvalue weighted by molar-refractivity contribution is 14.0. The van der Waals surface area contributed by atoms with E-state index in [4.69, 9.17) is 9.47 Å². The Hall–Kier alpha value is -2.33. The highest BCUT2D eigenvalue weighted by Gasteiger charge is 2.14. The van der Waals surface area contributed by atoms with E-state index in [9.17, 15) is 4.79 Å². The molecule has 182 valence electrons. The van der Waals surface area contributed by atoms with Crippen molar-refractivity contribution in [3.05, 3.63) is 59.7 Å². The molecule has 0 aliphatic heterocycles. The Morgan fingerprint density at radius 3 is 2.33 bits per heavy atom. The lowest BCUT2D eigenvalue weighted by atomic mass is 10.1. The fourth-order valence-corrected chi connectivity index (χ4v) is 2.95. The zero-order valence-electron chi connectivity index (χ0n) is 20.4. The zero-order chi connectivity index (χ0) is 23.6. The first kappa shape index (κ1) is 28.7. The van der Waals surface area contributed by atoms with Crippen LogP contribution in [0.25, 0.3) is 0 Å². The Morgan fingerprint density at radius 2 is 1.73 bits per heavy atom. The maximum atomic E-state index is 12.3. The molecule has 7 nitrogen and oxygen atoms in total. The highest BCUT2D eigenvalue weighted by atomic mass is 127. The lowest BCUT2D eigenvalue weighted by molar-refractivity contribution is -0.121. The van der Waals surface area contributed by atoms with E-state index >= 15 is 0 Å². The van der Waals surface area contributed by atoms with Crippen molar-refractivity contribution in [1.29, 1.82) is 0 Å². The van der Waals surface area contributed by atoms with Crippen LogP contribution in [0.3, 0.4) is 0 Å². The van der Waals surface area contributed by atoms with Crippen LogP contribution in [0.2, 0.25) is 0 Å². The fraction of sp³-hybridized carbons (Fsp3) is 0.440. The monoisotopic (exact) mass is 568 g/mol. The van der Waals surface area contributed by atoms with Crippen LogP contribution in [0.15, 0.2) is 53.5 Å². The Kier molecular flexibility index (Phi) is 12.2. The Balaban J connectivity index is 0.00000544. The number of carbonyl (C=O) groups excluding carboxylic acids is 1. The SMILES string of the molecule is COCc1cccc(CN=C(NCC(=O)NC(C)(C)C)Nc2ccc(OC(C)C)cc2)c1.I. The number of nitrogens with one attached hydrogen (secondary N) is 3. The highest BCUT2D eigenvalue weighted by Crippen LogP contribution is 2.17. The molecular weight excluding hydrogens is 531 g/mol. The van der Waals surface area contributed by atoms with Crippen molar-refractivity contribution < 1.29 is 14.3 Å². The summed E-state index contributed by atoms with van der Waals surface area (Å²) >= 11 is 0. The molecule has 3 N–H and O–H groups in total. The topological polar surface area (TPSA) is 84.0 Å². The van der Waals surface area contributed by atoms with Gasteiger partial charge in [0.2, 0.25) is 5.91 Å². The second-order valence-electron chi connectivity index (χ2n) is 8.89. The fourth-order valence-electron chi connectivity index (χ4n) is 2.95. The number of hydrogen-bond donors (Lipinski definition) is 3. The van der Waals surface area contributed by atoms with Gasteiger partial charge in [-0.15, -0.1) is 24.0 Å². The summed E-state index contributed by atoms with van der Waals surface area (Å²) in [5.74, 6) is 1.22. The molecule has 0 aliphatic rings. The Labute approximate surface area is 214 Å². The van der Waals surface area contributed by atoms with Gasteiger partial charge in [-0.25, -0.2) is 4.99 Å². The van der Waals surface area contributed by atoms with E-state index in [1.165, 1.54) is 0 Å². The Bertz CT molecular complexity index is 893. The summed E-state index contributed by atoms with van der Waals surface area (Å²) in [5, 5.41) is 9.33. The summed E-state index contributed by atoms with van der Waals surface area (Å²) in [7, 11) is 1.68. The van der Waals surface area contributed by atoms with E-state index in [1.807, 2.05) is 77.1 Å². The molecule has 0 atom stereocenters. The second-order valence-corrected chi connectivity index (χ2v) is 8.89. The third-order valence-corrected chi connectivity index (χ3v) is 4.14. The quantitative estimate of drug-likeness (QED) is 0.232. The maximum absolute atomic E-state index is 12.3. The van der Waals surface area contributed by atoms with Gasteiger partial charge in [-0.1, -0.05) is 24.3 Å². The minimum Gasteiger partial charge on any atom is -0.491 e. The number of benzene rings is 2.